The number of pyridine rings is 1. The predicted octanol–water partition coefficient (Wildman–Crippen LogP) is 3.57. The Kier molecular flexibility index (Phi) is 4.21. The third-order valence-electron chi connectivity index (χ3n) is 4.07. The molecule has 24 heavy (non-hydrogen) atoms. The molecule has 0 bridgehead atoms. The van der Waals surface area contributed by atoms with E-state index in [2.05, 4.69) is 5.32 Å². The van der Waals surface area contributed by atoms with E-state index in [0.717, 1.165) is 27.9 Å². The van der Waals surface area contributed by atoms with Gasteiger partial charge in [-0.15, -0.1) is 0 Å². The summed E-state index contributed by atoms with van der Waals surface area (Å²) < 4.78 is 1.82. The van der Waals surface area contributed by atoms with Crippen LogP contribution in [0.15, 0.2) is 53.5 Å². The van der Waals surface area contributed by atoms with Gasteiger partial charge >= 0.3 is 0 Å². The molecule has 0 aliphatic rings. The molecule has 1 aromatic heterocycles. The van der Waals surface area contributed by atoms with Crippen LogP contribution in [0.3, 0.4) is 0 Å². The van der Waals surface area contributed by atoms with Gasteiger partial charge in [-0.2, -0.15) is 0 Å². The van der Waals surface area contributed by atoms with E-state index in [1.54, 1.807) is 6.20 Å². The van der Waals surface area contributed by atoms with E-state index in [1.807, 2.05) is 61.7 Å². The first-order chi connectivity index (χ1) is 11.4. The Morgan fingerprint density at radius 3 is 2.42 bits per heavy atom. The smallest absolute Gasteiger partial charge is 0.244 e. The number of hydrogen-bond donors (Lipinski definition) is 1. The summed E-state index contributed by atoms with van der Waals surface area (Å²) in [5, 5.41) is 3.56. The minimum atomic E-state index is -0.122. The number of nitrogens with one attached hydrogen (secondary N) is 1. The lowest BCUT2D eigenvalue weighted by atomic mass is 10.1. The Labute approximate surface area is 140 Å². The van der Waals surface area contributed by atoms with Gasteiger partial charge in [0.15, 0.2) is 5.43 Å². The molecule has 3 aromatic rings. The lowest BCUT2D eigenvalue weighted by Gasteiger charge is -2.13. The third kappa shape index (κ3) is 3.23. The van der Waals surface area contributed by atoms with Gasteiger partial charge in [-0.25, -0.2) is 0 Å². The third-order valence-corrected chi connectivity index (χ3v) is 4.07. The van der Waals surface area contributed by atoms with Crippen LogP contribution in [0.5, 0.6) is 0 Å². The molecule has 0 aliphatic carbocycles. The average molecular weight is 320 g/mol. The van der Waals surface area contributed by atoms with E-state index >= 15 is 0 Å². The molecule has 0 fully saturated rings. The standard InChI is InChI=1S/C20H20N2O2/c1-13-4-6-16(7-5-13)21-19(24)12-22-9-8-18(23)20-15(3)10-14(2)11-17(20)22/h4-11H,12H2,1-3H3,(H,21,24). The number of hydrogen-bond acceptors (Lipinski definition) is 2. The highest BCUT2D eigenvalue weighted by Crippen LogP contribution is 2.17. The Hall–Kier alpha value is -2.88. The molecule has 0 unspecified atom stereocenters. The number of aryl methyl sites for hydroxylation is 3. The number of benzene rings is 2. The molecular formula is C20H20N2O2. The fraction of sp³-hybridized carbons (Fsp3) is 0.200. The van der Waals surface area contributed by atoms with E-state index in [0.29, 0.717) is 5.39 Å². The number of anilines is 1. The molecule has 4 heteroatoms. The summed E-state index contributed by atoms with van der Waals surface area (Å²) >= 11 is 0. The molecule has 122 valence electrons. The normalized spacial score (nSPS) is 10.8. The fourth-order valence-electron chi connectivity index (χ4n) is 2.94. The number of amides is 1. The molecule has 0 aliphatic heterocycles. The van der Waals surface area contributed by atoms with Crippen LogP contribution in [0.4, 0.5) is 5.69 Å². The first-order valence-corrected chi connectivity index (χ1v) is 7.91. The second-order valence-corrected chi connectivity index (χ2v) is 6.20. The molecule has 3 rings (SSSR count). The monoisotopic (exact) mass is 320 g/mol. The van der Waals surface area contributed by atoms with Crippen molar-refractivity contribution in [3.8, 4) is 0 Å². The largest absolute Gasteiger partial charge is 0.338 e. The first-order valence-electron chi connectivity index (χ1n) is 7.91. The van der Waals surface area contributed by atoms with Crippen LogP contribution in [0.25, 0.3) is 10.9 Å². The highest BCUT2D eigenvalue weighted by Gasteiger charge is 2.10. The second-order valence-electron chi connectivity index (χ2n) is 6.20. The van der Waals surface area contributed by atoms with Gasteiger partial charge in [0.25, 0.3) is 0 Å². The van der Waals surface area contributed by atoms with Crippen LogP contribution < -0.4 is 10.7 Å². The topological polar surface area (TPSA) is 51.1 Å². The van der Waals surface area contributed by atoms with Gasteiger partial charge in [0, 0.05) is 23.3 Å². The number of rotatable bonds is 3. The van der Waals surface area contributed by atoms with Gasteiger partial charge in [-0.1, -0.05) is 23.8 Å². The maximum absolute atomic E-state index is 12.4. The summed E-state index contributed by atoms with van der Waals surface area (Å²) in [7, 11) is 0. The minimum absolute atomic E-state index is 0.0160. The van der Waals surface area contributed by atoms with E-state index < -0.39 is 0 Å². The Balaban J connectivity index is 1.92. The van der Waals surface area contributed by atoms with Crippen molar-refractivity contribution in [2.24, 2.45) is 0 Å². The van der Waals surface area contributed by atoms with E-state index in [4.69, 9.17) is 0 Å². The van der Waals surface area contributed by atoms with Crippen molar-refractivity contribution >= 4 is 22.5 Å². The van der Waals surface area contributed by atoms with E-state index in [9.17, 15) is 9.59 Å². The van der Waals surface area contributed by atoms with Gasteiger partial charge in [-0.3, -0.25) is 9.59 Å². The molecule has 4 nitrogen and oxygen atoms in total. The maximum atomic E-state index is 12.4. The molecular weight excluding hydrogens is 300 g/mol. The maximum Gasteiger partial charge on any atom is 0.244 e. The Morgan fingerprint density at radius 1 is 1.00 bits per heavy atom. The van der Waals surface area contributed by atoms with Crippen LogP contribution in [0.1, 0.15) is 16.7 Å². The molecule has 1 amide bonds. The van der Waals surface area contributed by atoms with Crippen LogP contribution in [0, 0.1) is 20.8 Å². The molecule has 1 heterocycles. The summed E-state index contributed by atoms with van der Waals surface area (Å²) in [5.41, 5.74) is 4.69. The van der Waals surface area contributed by atoms with Crippen molar-refractivity contribution in [1.82, 2.24) is 4.57 Å². The van der Waals surface area contributed by atoms with Gasteiger partial charge < -0.3 is 9.88 Å². The quantitative estimate of drug-likeness (QED) is 0.802. The number of nitrogens with zero attached hydrogens (tertiary/aromatic N) is 1. The molecule has 1 N–H and O–H groups in total. The van der Waals surface area contributed by atoms with Gasteiger partial charge in [0.05, 0.1) is 5.52 Å². The number of carbonyl (C=O) groups is 1. The van der Waals surface area contributed by atoms with Gasteiger partial charge in [-0.05, 0) is 50.1 Å². The van der Waals surface area contributed by atoms with Crippen LogP contribution in [-0.2, 0) is 11.3 Å². The second kappa shape index (κ2) is 6.32. The van der Waals surface area contributed by atoms with Crippen LogP contribution in [-0.4, -0.2) is 10.5 Å². The van der Waals surface area contributed by atoms with Crippen molar-refractivity contribution in [3.63, 3.8) is 0 Å². The molecule has 0 saturated carbocycles. The summed E-state index contributed by atoms with van der Waals surface area (Å²) in [4.78, 5) is 24.5. The molecule has 0 radical (unpaired) electrons. The molecule has 0 spiro atoms. The first kappa shape index (κ1) is 16.0. The van der Waals surface area contributed by atoms with E-state index in [-0.39, 0.29) is 17.9 Å². The zero-order chi connectivity index (χ0) is 17.3. The summed E-state index contributed by atoms with van der Waals surface area (Å²) in [6.07, 6.45) is 1.68. The van der Waals surface area contributed by atoms with Gasteiger partial charge in [0.1, 0.15) is 6.54 Å². The highest BCUT2D eigenvalue weighted by atomic mass is 16.2. The fourth-order valence-corrected chi connectivity index (χ4v) is 2.94. The summed E-state index contributed by atoms with van der Waals surface area (Å²) in [5.74, 6) is -0.122. The SMILES string of the molecule is Cc1ccc(NC(=O)Cn2ccc(=O)c3c(C)cc(C)cc32)cc1. The average Bonchev–Trinajstić information content (AvgIpc) is 2.52. The highest BCUT2D eigenvalue weighted by molar-refractivity contribution is 5.92. The lowest BCUT2D eigenvalue weighted by molar-refractivity contribution is -0.116. The zero-order valence-electron chi connectivity index (χ0n) is 14.1. The van der Waals surface area contributed by atoms with E-state index in [1.165, 1.54) is 6.07 Å². The molecule has 0 saturated heterocycles. The van der Waals surface area contributed by atoms with Crippen LogP contribution in [0.2, 0.25) is 0 Å². The molecule has 2 aromatic carbocycles. The van der Waals surface area contributed by atoms with Crippen molar-refractivity contribution in [1.29, 1.82) is 0 Å². The number of aromatic nitrogens is 1. The number of fused-ring (bicyclic) bond motifs is 1. The van der Waals surface area contributed by atoms with Crippen molar-refractivity contribution in [2.75, 3.05) is 5.32 Å². The Morgan fingerprint density at radius 2 is 1.71 bits per heavy atom. The zero-order valence-corrected chi connectivity index (χ0v) is 14.1. The molecule has 0 atom stereocenters. The van der Waals surface area contributed by atoms with Gasteiger partial charge in [0.2, 0.25) is 5.91 Å². The lowest BCUT2D eigenvalue weighted by Crippen LogP contribution is -2.20. The van der Waals surface area contributed by atoms with Crippen LogP contribution >= 0.6 is 0 Å². The van der Waals surface area contributed by atoms with Crippen molar-refractivity contribution < 1.29 is 4.79 Å². The summed E-state index contributed by atoms with van der Waals surface area (Å²) in [6, 6.07) is 13.1. The van der Waals surface area contributed by atoms with Crippen molar-refractivity contribution in [2.45, 2.75) is 27.3 Å². The van der Waals surface area contributed by atoms with Crippen molar-refractivity contribution in [3.05, 3.63) is 75.6 Å². The summed E-state index contributed by atoms with van der Waals surface area (Å²) in [6.45, 7) is 6.07. The Bertz CT molecular complexity index is 969. The minimum Gasteiger partial charge on any atom is -0.338 e. The predicted molar refractivity (Wildman–Crippen MR) is 97.5 cm³/mol. The number of carbonyl (C=O) groups excluding carboxylic acids is 1.